The zero-order valence-electron chi connectivity index (χ0n) is 12.0. The topological polar surface area (TPSA) is 52.6 Å². The van der Waals surface area contributed by atoms with E-state index in [-0.39, 0.29) is 0 Å². The quantitative estimate of drug-likeness (QED) is 0.731. The number of nitrogens with zero attached hydrogens (tertiary/aromatic N) is 1. The molecule has 1 fully saturated rings. The first-order chi connectivity index (χ1) is 8.50. The van der Waals surface area contributed by atoms with Gasteiger partial charge in [0.05, 0.1) is 0 Å². The number of piperidine rings is 1. The van der Waals surface area contributed by atoms with Gasteiger partial charge < -0.3 is 15.3 Å². The van der Waals surface area contributed by atoms with Crippen molar-refractivity contribution in [3.63, 3.8) is 0 Å². The molecule has 0 aromatic rings. The van der Waals surface area contributed by atoms with Gasteiger partial charge in [0.15, 0.2) is 0 Å². The lowest BCUT2D eigenvalue weighted by atomic mass is 9.78. The monoisotopic (exact) mass is 256 g/mol. The molecule has 1 saturated heterocycles. The molecule has 1 unspecified atom stereocenters. The van der Waals surface area contributed by atoms with Crippen molar-refractivity contribution in [2.45, 2.75) is 52.5 Å². The predicted octanol–water partition coefficient (Wildman–Crippen LogP) is 1.95. The summed E-state index contributed by atoms with van der Waals surface area (Å²) in [5, 5.41) is 12.3. The number of carboxylic acids is 1. The van der Waals surface area contributed by atoms with Gasteiger partial charge in [-0.1, -0.05) is 27.2 Å². The minimum atomic E-state index is -0.729. The highest BCUT2D eigenvalue weighted by Crippen LogP contribution is 2.33. The molecule has 0 aliphatic carbocycles. The van der Waals surface area contributed by atoms with Crippen LogP contribution in [-0.2, 0) is 4.79 Å². The number of carboxylic acid groups (broad SMARTS) is 1. The second-order valence-electron chi connectivity index (χ2n) is 5.81. The lowest BCUT2D eigenvalue weighted by Gasteiger charge is -2.39. The van der Waals surface area contributed by atoms with Gasteiger partial charge in [-0.25, -0.2) is 0 Å². The molecule has 2 N–H and O–H groups in total. The Morgan fingerprint density at radius 3 is 2.44 bits per heavy atom. The predicted molar refractivity (Wildman–Crippen MR) is 73.8 cm³/mol. The number of carbonyl (C=O) groups is 1. The molecule has 4 nitrogen and oxygen atoms in total. The second-order valence-corrected chi connectivity index (χ2v) is 5.81. The van der Waals surface area contributed by atoms with Crippen LogP contribution in [0.25, 0.3) is 0 Å². The molecule has 1 atom stereocenters. The number of nitrogens with one attached hydrogen (secondary N) is 1. The Bertz CT molecular complexity index is 261. The molecule has 4 heteroatoms. The van der Waals surface area contributed by atoms with Gasteiger partial charge in [0.25, 0.3) is 0 Å². The average molecular weight is 256 g/mol. The van der Waals surface area contributed by atoms with E-state index in [0.29, 0.717) is 12.0 Å². The molecule has 1 aliphatic rings. The molecule has 1 heterocycles. The fraction of sp³-hybridized carbons (Fsp3) is 0.929. The molecule has 18 heavy (non-hydrogen) atoms. The van der Waals surface area contributed by atoms with Gasteiger partial charge >= 0.3 is 5.97 Å². The highest BCUT2D eigenvalue weighted by molar-refractivity contribution is 5.73. The first-order valence-corrected chi connectivity index (χ1v) is 7.19. The van der Waals surface area contributed by atoms with Crippen molar-refractivity contribution < 1.29 is 9.90 Å². The largest absolute Gasteiger partial charge is 0.480 e. The van der Waals surface area contributed by atoms with Gasteiger partial charge in [0, 0.05) is 6.54 Å². The van der Waals surface area contributed by atoms with Gasteiger partial charge in [0.2, 0.25) is 0 Å². The Morgan fingerprint density at radius 2 is 2.00 bits per heavy atom. The Kier molecular flexibility index (Phi) is 6.09. The van der Waals surface area contributed by atoms with Crippen LogP contribution in [0, 0.1) is 5.41 Å². The summed E-state index contributed by atoms with van der Waals surface area (Å²) in [6.45, 7) is 10.1. The van der Waals surface area contributed by atoms with Crippen molar-refractivity contribution in [2.24, 2.45) is 5.41 Å². The number of hydrogen-bond acceptors (Lipinski definition) is 3. The lowest BCUT2D eigenvalue weighted by molar-refractivity contribution is -0.140. The summed E-state index contributed by atoms with van der Waals surface area (Å²) >= 11 is 0. The zero-order chi connectivity index (χ0) is 13.6. The maximum atomic E-state index is 11.2. The number of likely N-dealkylation sites (tertiary alicyclic amines) is 1. The fourth-order valence-corrected chi connectivity index (χ4v) is 2.44. The van der Waals surface area contributed by atoms with E-state index in [9.17, 15) is 9.90 Å². The molecule has 0 spiro atoms. The Balaban J connectivity index is 2.40. The van der Waals surface area contributed by atoms with Crippen molar-refractivity contribution in [1.29, 1.82) is 0 Å². The van der Waals surface area contributed by atoms with Crippen molar-refractivity contribution in [3.05, 3.63) is 0 Å². The molecule has 0 radical (unpaired) electrons. The average Bonchev–Trinajstić information content (AvgIpc) is 2.36. The third-order valence-electron chi connectivity index (χ3n) is 4.30. The highest BCUT2D eigenvalue weighted by atomic mass is 16.4. The van der Waals surface area contributed by atoms with E-state index in [2.05, 4.69) is 31.0 Å². The molecule has 0 aromatic carbocycles. The fourth-order valence-electron chi connectivity index (χ4n) is 2.44. The van der Waals surface area contributed by atoms with E-state index in [1.165, 1.54) is 19.3 Å². The third-order valence-corrected chi connectivity index (χ3v) is 4.30. The van der Waals surface area contributed by atoms with E-state index in [4.69, 9.17) is 0 Å². The summed E-state index contributed by atoms with van der Waals surface area (Å²) in [6.07, 6.45) is 4.56. The Morgan fingerprint density at radius 1 is 1.39 bits per heavy atom. The van der Waals surface area contributed by atoms with Crippen LogP contribution >= 0.6 is 0 Å². The van der Waals surface area contributed by atoms with E-state index < -0.39 is 12.0 Å². The summed E-state index contributed by atoms with van der Waals surface area (Å²) in [7, 11) is 0. The molecule has 0 aromatic heterocycles. The van der Waals surface area contributed by atoms with Crippen molar-refractivity contribution in [1.82, 2.24) is 10.2 Å². The number of rotatable bonds is 7. The highest BCUT2D eigenvalue weighted by Gasteiger charge is 2.30. The standard InChI is InChI=1S/C14H28N2O2/c1-4-8-15-12(13(17)18)11-16-9-6-14(3,5-2)7-10-16/h12,15H,4-11H2,1-3H3,(H,17,18). The summed E-state index contributed by atoms with van der Waals surface area (Å²) in [5.74, 6) is -0.729. The summed E-state index contributed by atoms with van der Waals surface area (Å²) in [5.41, 5.74) is 0.464. The van der Waals surface area contributed by atoms with Gasteiger partial charge in [-0.05, 0) is 44.3 Å². The van der Waals surface area contributed by atoms with E-state index in [1.807, 2.05) is 0 Å². The van der Waals surface area contributed by atoms with Gasteiger partial charge in [-0.3, -0.25) is 4.79 Å². The van der Waals surface area contributed by atoms with E-state index >= 15 is 0 Å². The van der Waals surface area contributed by atoms with Crippen LogP contribution in [0.4, 0.5) is 0 Å². The van der Waals surface area contributed by atoms with Gasteiger partial charge in [0.1, 0.15) is 6.04 Å². The van der Waals surface area contributed by atoms with Crippen LogP contribution in [-0.4, -0.2) is 48.2 Å². The van der Waals surface area contributed by atoms with E-state index in [1.54, 1.807) is 0 Å². The first-order valence-electron chi connectivity index (χ1n) is 7.19. The smallest absolute Gasteiger partial charge is 0.322 e. The summed E-state index contributed by atoms with van der Waals surface area (Å²) in [6, 6.07) is -0.420. The molecular formula is C14H28N2O2. The van der Waals surface area contributed by atoms with Crippen LogP contribution in [0.15, 0.2) is 0 Å². The molecule has 1 aliphatic heterocycles. The van der Waals surface area contributed by atoms with Crippen LogP contribution < -0.4 is 5.32 Å². The minimum Gasteiger partial charge on any atom is -0.480 e. The second kappa shape index (κ2) is 7.10. The third kappa shape index (κ3) is 4.58. The normalized spacial score (nSPS) is 21.7. The maximum Gasteiger partial charge on any atom is 0.322 e. The first kappa shape index (κ1) is 15.4. The lowest BCUT2D eigenvalue weighted by Crippen LogP contribution is -2.49. The van der Waals surface area contributed by atoms with Crippen molar-refractivity contribution in [3.8, 4) is 0 Å². The van der Waals surface area contributed by atoms with Crippen molar-refractivity contribution >= 4 is 5.97 Å². The number of hydrogen-bond donors (Lipinski definition) is 2. The SMILES string of the molecule is CCCNC(CN1CCC(C)(CC)CC1)C(=O)O. The Labute approximate surface area is 111 Å². The Hall–Kier alpha value is -0.610. The summed E-state index contributed by atoms with van der Waals surface area (Å²) < 4.78 is 0. The molecular weight excluding hydrogens is 228 g/mol. The van der Waals surface area contributed by atoms with Gasteiger partial charge in [-0.2, -0.15) is 0 Å². The van der Waals surface area contributed by atoms with Crippen LogP contribution in [0.2, 0.25) is 0 Å². The number of aliphatic carboxylic acids is 1. The molecule has 0 bridgehead atoms. The molecule has 106 valence electrons. The van der Waals surface area contributed by atoms with E-state index in [0.717, 1.165) is 26.1 Å². The maximum absolute atomic E-state index is 11.2. The molecule has 0 amide bonds. The minimum absolute atomic E-state index is 0.420. The van der Waals surface area contributed by atoms with Crippen molar-refractivity contribution in [2.75, 3.05) is 26.2 Å². The van der Waals surface area contributed by atoms with Gasteiger partial charge in [-0.15, -0.1) is 0 Å². The van der Waals surface area contributed by atoms with Crippen LogP contribution in [0.1, 0.15) is 46.5 Å². The van der Waals surface area contributed by atoms with Crippen LogP contribution in [0.3, 0.4) is 0 Å². The molecule has 0 saturated carbocycles. The summed E-state index contributed by atoms with van der Waals surface area (Å²) in [4.78, 5) is 13.5. The zero-order valence-corrected chi connectivity index (χ0v) is 12.0. The molecule has 1 rings (SSSR count). The van der Waals surface area contributed by atoms with Crippen LogP contribution in [0.5, 0.6) is 0 Å².